The summed E-state index contributed by atoms with van der Waals surface area (Å²) >= 11 is 8.11. The number of halogens is 1. The fourth-order valence-corrected chi connectivity index (χ4v) is 5.40. The lowest BCUT2D eigenvalue weighted by Gasteiger charge is -2.37. The molecule has 4 rings (SSSR count). The van der Waals surface area contributed by atoms with E-state index in [1.807, 2.05) is 12.1 Å². The molecule has 1 atom stereocenters. The summed E-state index contributed by atoms with van der Waals surface area (Å²) in [5, 5.41) is 32.0. The summed E-state index contributed by atoms with van der Waals surface area (Å²) in [6.07, 6.45) is 2.23. The molecule has 42 heavy (non-hydrogen) atoms. The number of carbonyl (C=O) groups is 5. The molecule has 0 amide bonds. The van der Waals surface area contributed by atoms with Crippen LogP contribution in [0.15, 0.2) is 70.5 Å². The van der Waals surface area contributed by atoms with E-state index in [1.54, 1.807) is 18.7 Å². The van der Waals surface area contributed by atoms with Crippen LogP contribution in [0.2, 0.25) is 5.02 Å². The number of carboxylic acid groups (broad SMARTS) is 4. The smallest absolute Gasteiger partial charge is 0.328 e. The van der Waals surface area contributed by atoms with Crippen molar-refractivity contribution in [3.05, 3.63) is 82.4 Å². The number of nitrogens with zero attached hydrogens (tertiary/aromatic N) is 2. The van der Waals surface area contributed by atoms with E-state index in [0.29, 0.717) is 24.3 Å². The molecule has 224 valence electrons. The molecule has 0 aliphatic carbocycles. The van der Waals surface area contributed by atoms with E-state index >= 15 is 0 Å². The molecule has 11 nitrogen and oxygen atoms in total. The van der Waals surface area contributed by atoms with Gasteiger partial charge in [0.2, 0.25) is 0 Å². The van der Waals surface area contributed by atoms with Gasteiger partial charge in [-0.25, -0.2) is 19.2 Å². The second kappa shape index (κ2) is 16.5. The third-order valence-corrected chi connectivity index (χ3v) is 7.55. The van der Waals surface area contributed by atoms with E-state index in [1.165, 1.54) is 20.9 Å². The molecule has 0 spiro atoms. The summed E-state index contributed by atoms with van der Waals surface area (Å²) < 4.78 is 0. The van der Waals surface area contributed by atoms with Crippen LogP contribution in [-0.4, -0.2) is 99.7 Å². The number of ketones is 1. The average molecular weight is 619 g/mol. The number of carbonyl (C=O) groups excluding carboxylic acids is 1. The van der Waals surface area contributed by atoms with Crippen molar-refractivity contribution in [1.82, 2.24) is 9.80 Å². The first-order valence-corrected chi connectivity index (χ1v) is 13.8. The molecule has 1 unspecified atom stereocenters. The van der Waals surface area contributed by atoms with Crippen LogP contribution < -0.4 is 0 Å². The van der Waals surface area contributed by atoms with Gasteiger partial charge in [-0.2, -0.15) is 0 Å². The Morgan fingerprint density at radius 2 is 1.24 bits per heavy atom. The highest BCUT2D eigenvalue weighted by Crippen LogP contribution is 2.47. The largest absolute Gasteiger partial charge is 0.478 e. The summed E-state index contributed by atoms with van der Waals surface area (Å²) in [6.45, 7) is 6.97. The van der Waals surface area contributed by atoms with Crippen LogP contribution in [0, 0.1) is 0 Å². The van der Waals surface area contributed by atoms with Crippen molar-refractivity contribution >= 4 is 53.0 Å². The van der Waals surface area contributed by atoms with Gasteiger partial charge in [0.15, 0.2) is 5.78 Å². The fraction of sp³-hybridized carbons (Fsp3) is 0.276. The third-order valence-electron chi connectivity index (χ3n) is 6.13. The van der Waals surface area contributed by atoms with Crippen molar-refractivity contribution in [2.45, 2.75) is 22.6 Å². The van der Waals surface area contributed by atoms with Crippen LogP contribution in [0.25, 0.3) is 0 Å². The van der Waals surface area contributed by atoms with Gasteiger partial charge in [-0.3, -0.25) is 9.69 Å². The highest BCUT2D eigenvalue weighted by Gasteiger charge is 2.29. The second-order valence-corrected chi connectivity index (χ2v) is 10.8. The maximum absolute atomic E-state index is 11.9. The summed E-state index contributed by atoms with van der Waals surface area (Å²) in [4.78, 5) is 57.6. The standard InChI is InChI=1S/C21H23ClN2OS.2C4H4O4/c1-14(25)15-3-5-20-17(11-15)19(13-24-9-7-23(2)8-10-24)18-12-16(22)4-6-21(18)26-20;2*5-3(6)1-2-4(7)8/h3-6,11-12,19H,7-10,13H2,1-2H3;2*1-2H,(H,5,6)(H,7,8)/b;2*2-1+. The Hall–Kier alpha value is -3.97. The number of benzene rings is 2. The highest BCUT2D eigenvalue weighted by molar-refractivity contribution is 7.99. The lowest BCUT2D eigenvalue weighted by Crippen LogP contribution is -2.46. The fourth-order valence-electron chi connectivity index (χ4n) is 4.07. The normalized spacial score (nSPS) is 16.3. The number of piperazine rings is 1. The molecule has 13 heteroatoms. The van der Waals surface area contributed by atoms with E-state index in [2.05, 4.69) is 41.1 Å². The van der Waals surface area contributed by atoms with E-state index in [0.717, 1.165) is 43.3 Å². The number of rotatable bonds is 7. The molecular formula is C29H31ClN2O9S. The Morgan fingerprint density at radius 1 is 0.786 bits per heavy atom. The quantitative estimate of drug-likeness (QED) is 0.261. The number of hydrogen-bond donors (Lipinski definition) is 4. The van der Waals surface area contributed by atoms with E-state index in [9.17, 15) is 24.0 Å². The second-order valence-electron chi connectivity index (χ2n) is 9.27. The van der Waals surface area contributed by atoms with Crippen molar-refractivity contribution in [1.29, 1.82) is 0 Å². The minimum Gasteiger partial charge on any atom is -0.478 e. The van der Waals surface area contributed by atoms with Crippen LogP contribution >= 0.6 is 23.4 Å². The van der Waals surface area contributed by atoms with Crippen molar-refractivity contribution in [3.8, 4) is 0 Å². The zero-order valence-corrected chi connectivity index (χ0v) is 24.5. The molecule has 1 fully saturated rings. The molecule has 0 saturated carbocycles. The monoisotopic (exact) mass is 618 g/mol. The molecule has 2 heterocycles. The number of likely N-dealkylation sites (N-methyl/N-ethyl adjacent to an activating group) is 1. The van der Waals surface area contributed by atoms with Crippen molar-refractivity contribution in [2.75, 3.05) is 39.8 Å². The Balaban J connectivity index is 0.000000319. The van der Waals surface area contributed by atoms with E-state index < -0.39 is 23.9 Å². The first-order chi connectivity index (χ1) is 19.8. The molecule has 0 radical (unpaired) electrons. The van der Waals surface area contributed by atoms with E-state index in [4.69, 9.17) is 32.0 Å². The number of hydrogen-bond acceptors (Lipinski definition) is 8. The minimum absolute atomic E-state index is 0.119. The molecule has 2 aromatic carbocycles. The van der Waals surface area contributed by atoms with Crippen LogP contribution in [0.1, 0.15) is 34.3 Å². The van der Waals surface area contributed by atoms with Crippen LogP contribution in [0.4, 0.5) is 0 Å². The molecule has 4 N–H and O–H groups in total. The molecule has 2 aliphatic heterocycles. The maximum Gasteiger partial charge on any atom is 0.328 e. The summed E-state index contributed by atoms with van der Waals surface area (Å²) in [6, 6.07) is 12.3. The minimum atomic E-state index is -1.26. The van der Waals surface area contributed by atoms with Gasteiger partial charge in [-0.1, -0.05) is 29.4 Å². The summed E-state index contributed by atoms with van der Waals surface area (Å²) in [5.41, 5.74) is 3.34. The van der Waals surface area contributed by atoms with Gasteiger partial charge in [0.05, 0.1) is 0 Å². The molecular weight excluding hydrogens is 588 g/mol. The number of Topliss-reactive ketones (excluding diaryl/α,β-unsaturated/α-hetero) is 1. The Kier molecular flexibility index (Phi) is 13.4. The van der Waals surface area contributed by atoms with Crippen molar-refractivity contribution in [2.24, 2.45) is 0 Å². The van der Waals surface area contributed by atoms with Crippen LogP contribution in [-0.2, 0) is 19.2 Å². The van der Waals surface area contributed by atoms with Gasteiger partial charge in [0, 0.05) is 83.3 Å². The highest BCUT2D eigenvalue weighted by atomic mass is 35.5. The number of fused-ring (bicyclic) bond motifs is 2. The third kappa shape index (κ3) is 11.5. The van der Waals surface area contributed by atoms with Crippen molar-refractivity contribution < 1.29 is 44.4 Å². The van der Waals surface area contributed by atoms with Crippen LogP contribution in [0.5, 0.6) is 0 Å². The zero-order valence-electron chi connectivity index (χ0n) is 22.9. The lowest BCUT2D eigenvalue weighted by molar-refractivity contribution is -0.134. The predicted octanol–water partition coefficient (Wildman–Crippen LogP) is 3.81. The average Bonchev–Trinajstić information content (AvgIpc) is 2.92. The topological polar surface area (TPSA) is 173 Å². The molecule has 0 aromatic heterocycles. The molecule has 2 aromatic rings. The SMILES string of the molecule is CC(=O)c1ccc2c(c1)C(CN1CCN(C)CC1)c1cc(Cl)ccc1S2.O=C(O)/C=C/C(=O)O.O=C(O)/C=C/C(=O)O. The molecule has 0 bridgehead atoms. The zero-order chi connectivity index (χ0) is 31.4. The Morgan fingerprint density at radius 3 is 1.69 bits per heavy atom. The van der Waals surface area contributed by atoms with Crippen molar-refractivity contribution in [3.63, 3.8) is 0 Å². The number of aliphatic carboxylic acids is 4. The molecule has 2 aliphatic rings. The first-order valence-electron chi connectivity index (χ1n) is 12.6. The van der Waals surface area contributed by atoms with Crippen LogP contribution in [0.3, 0.4) is 0 Å². The first kappa shape index (κ1) is 34.2. The summed E-state index contributed by atoms with van der Waals surface area (Å²) in [7, 11) is 2.18. The molecule has 1 saturated heterocycles. The Bertz CT molecular complexity index is 1320. The van der Waals surface area contributed by atoms with Gasteiger partial charge in [-0.15, -0.1) is 0 Å². The Labute approximate surface area is 251 Å². The van der Waals surface area contributed by atoms with Gasteiger partial charge in [0.25, 0.3) is 0 Å². The number of carboxylic acids is 4. The summed E-state index contributed by atoms with van der Waals surface area (Å²) in [5.74, 6) is -4.66. The van der Waals surface area contributed by atoms with E-state index in [-0.39, 0.29) is 11.7 Å². The van der Waals surface area contributed by atoms with Gasteiger partial charge in [-0.05, 0) is 55.4 Å². The van der Waals surface area contributed by atoms with Gasteiger partial charge < -0.3 is 25.3 Å². The van der Waals surface area contributed by atoms with Gasteiger partial charge in [0.1, 0.15) is 0 Å². The maximum atomic E-state index is 11.9. The predicted molar refractivity (Wildman–Crippen MR) is 157 cm³/mol. The van der Waals surface area contributed by atoms with Gasteiger partial charge >= 0.3 is 23.9 Å². The lowest BCUT2D eigenvalue weighted by atomic mass is 9.88.